The van der Waals surface area contributed by atoms with Gasteiger partial charge in [0.05, 0.1) is 6.04 Å². The SMILES string of the molecule is CCOC(OCC)C(Cc1ccc(Br)cc1)NC. The van der Waals surface area contributed by atoms with Crippen LogP contribution in [-0.2, 0) is 15.9 Å². The number of hydrogen-bond donors (Lipinski definition) is 1. The summed E-state index contributed by atoms with van der Waals surface area (Å²) >= 11 is 3.44. The van der Waals surface area contributed by atoms with Crippen LogP contribution in [0, 0.1) is 0 Å². The summed E-state index contributed by atoms with van der Waals surface area (Å²) in [6.07, 6.45) is 0.683. The number of ether oxygens (including phenoxy) is 2. The molecule has 0 saturated carbocycles. The van der Waals surface area contributed by atoms with E-state index in [9.17, 15) is 0 Å². The fourth-order valence-corrected chi connectivity index (χ4v) is 2.08. The molecule has 1 rings (SSSR count). The maximum absolute atomic E-state index is 5.64. The van der Waals surface area contributed by atoms with Gasteiger partial charge in [0.1, 0.15) is 0 Å². The Morgan fingerprint density at radius 3 is 2.11 bits per heavy atom. The second kappa shape index (κ2) is 8.64. The second-order valence-electron chi connectivity index (χ2n) is 4.00. The van der Waals surface area contributed by atoms with Gasteiger partial charge in [0.25, 0.3) is 0 Å². The lowest BCUT2D eigenvalue weighted by atomic mass is 10.1. The van der Waals surface area contributed by atoms with Crippen molar-refractivity contribution in [2.24, 2.45) is 0 Å². The fraction of sp³-hybridized carbons (Fsp3) is 0.571. The normalized spacial score (nSPS) is 12.9. The Kier molecular flexibility index (Phi) is 7.51. The maximum Gasteiger partial charge on any atom is 0.172 e. The first-order valence-corrected chi connectivity index (χ1v) is 7.15. The summed E-state index contributed by atoms with van der Waals surface area (Å²) in [4.78, 5) is 0. The molecule has 0 amide bonds. The van der Waals surface area contributed by atoms with Gasteiger partial charge in [0, 0.05) is 17.7 Å². The quantitative estimate of drug-likeness (QED) is 0.748. The van der Waals surface area contributed by atoms with Gasteiger partial charge in [-0.3, -0.25) is 0 Å². The van der Waals surface area contributed by atoms with Crippen LogP contribution in [0.4, 0.5) is 0 Å². The van der Waals surface area contributed by atoms with Gasteiger partial charge in [-0.1, -0.05) is 28.1 Å². The Morgan fingerprint density at radius 2 is 1.67 bits per heavy atom. The van der Waals surface area contributed by atoms with E-state index >= 15 is 0 Å². The van der Waals surface area contributed by atoms with Crippen LogP contribution in [-0.4, -0.2) is 32.6 Å². The third-order valence-electron chi connectivity index (χ3n) is 2.73. The topological polar surface area (TPSA) is 30.5 Å². The van der Waals surface area contributed by atoms with Crippen molar-refractivity contribution in [1.82, 2.24) is 5.32 Å². The zero-order valence-electron chi connectivity index (χ0n) is 11.3. The van der Waals surface area contributed by atoms with Crippen molar-refractivity contribution in [3.05, 3.63) is 34.3 Å². The molecule has 0 saturated heterocycles. The predicted molar refractivity (Wildman–Crippen MR) is 77.7 cm³/mol. The zero-order valence-corrected chi connectivity index (χ0v) is 12.9. The van der Waals surface area contributed by atoms with E-state index in [1.807, 2.05) is 20.9 Å². The molecular weight excluding hydrogens is 294 g/mol. The molecule has 0 radical (unpaired) electrons. The summed E-state index contributed by atoms with van der Waals surface area (Å²) in [5.74, 6) is 0. The van der Waals surface area contributed by atoms with Gasteiger partial charge in [-0.25, -0.2) is 0 Å². The lowest BCUT2D eigenvalue weighted by Gasteiger charge is -2.26. The Bertz CT molecular complexity index is 323. The molecule has 4 heteroatoms. The number of benzene rings is 1. The van der Waals surface area contributed by atoms with Gasteiger partial charge in [-0.2, -0.15) is 0 Å². The molecule has 0 spiro atoms. The molecule has 0 heterocycles. The van der Waals surface area contributed by atoms with E-state index in [1.54, 1.807) is 0 Å². The van der Waals surface area contributed by atoms with E-state index < -0.39 is 0 Å². The average Bonchev–Trinajstić information content (AvgIpc) is 2.38. The van der Waals surface area contributed by atoms with Crippen molar-refractivity contribution in [2.45, 2.75) is 32.6 Å². The van der Waals surface area contributed by atoms with Gasteiger partial charge in [-0.15, -0.1) is 0 Å². The van der Waals surface area contributed by atoms with E-state index in [2.05, 4.69) is 45.5 Å². The first kappa shape index (κ1) is 15.6. The Balaban J connectivity index is 2.66. The van der Waals surface area contributed by atoms with Crippen LogP contribution in [0.2, 0.25) is 0 Å². The summed E-state index contributed by atoms with van der Waals surface area (Å²) in [7, 11) is 1.94. The first-order chi connectivity index (χ1) is 8.71. The summed E-state index contributed by atoms with van der Waals surface area (Å²) in [5, 5.41) is 3.27. The van der Waals surface area contributed by atoms with Crippen LogP contribution in [0.5, 0.6) is 0 Å². The van der Waals surface area contributed by atoms with Crippen molar-refractivity contribution in [3.8, 4) is 0 Å². The van der Waals surface area contributed by atoms with Crippen LogP contribution < -0.4 is 5.32 Å². The van der Waals surface area contributed by atoms with Gasteiger partial charge in [-0.05, 0) is 45.0 Å². The maximum atomic E-state index is 5.64. The molecule has 3 nitrogen and oxygen atoms in total. The van der Waals surface area contributed by atoms with Gasteiger partial charge in [0.2, 0.25) is 0 Å². The highest BCUT2D eigenvalue weighted by Gasteiger charge is 2.20. The van der Waals surface area contributed by atoms with Crippen molar-refractivity contribution in [2.75, 3.05) is 20.3 Å². The number of halogens is 1. The molecule has 0 aliphatic carbocycles. The third kappa shape index (κ3) is 5.06. The molecule has 1 aromatic carbocycles. The fourth-order valence-electron chi connectivity index (χ4n) is 1.82. The number of nitrogens with one attached hydrogen (secondary N) is 1. The second-order valence-corrected chi connectivity index (χ2v) is 4.92. The average molecular weight is 316 g/mol. The molecule has 0 aliphatic rings. The molecule has 1 unspecified atom stereocenters. The standard InChI is InChI=1S/C14H22BrNO2/c1-4-17-14(18-5-2)13(16-3)10-11-6-8-12(15)9-7-11/h6-9,13-14,16H,4-5,10H2,1-3H3. The van der Waals surface area contributed by atoms with E-state index in [-0.39, 0.29) is 12.3 Å². The van der Waals surface area contributed by atoms with Crippen molar-refractivity contribution >= 4 is 15.9 Å². The van der Waals surface area contributed by atoms with Crippen LogP contribution in [0.25, 0.3) is 0 Å². The molecule has 0 aromatic heterocycles. The van der Waals surface area contributed by atoms with E-state index in [0.29, 0.717) is 13.2 Å². The van der Waals surface area contributed by atoms with Crippen molar-refractivity contribution in [1.29, 1.82) is 0 Å². The van der Waals surface area contributed by atoms with Crippen LogP contribution in [0.15, 0.2) is 28.7 Å². The molecule has 0 bridgehead atoms. The Morgan fingerprint density at radius 1 is 1.11 bits per heavy atom. The van der Waals surface area contributed by atoms with Gasteiger partial charge in [0.15, 0.2) is 6.29 Å². The molecule has 1 atom stereocenters. The molecular formula is C14H22BrNO2. The molecule has 102 valence electrons. The van der Waals surface area contributed by atoms with Crippen molar-refractivity contribution in [3.63, 3.8) is 0 Å². The zero-order chi connectivity index (χ0) is 13.4. The molecule has 1 N–H and O–H groups in total. The highest BCUT2D eigenvalue weighted by molar-refractivity contribution is 9.10. The smallest absolute Gasteiger partial charge is 0.172 e. The minimum absolute atomic E-state index is 0.158. The monoisotopic (exact) mass is 315 g/mol. The molecule has 1 aromatic rings. The van der Waals surface area contributed by atoms with Crippen molar-refractivity contribution < 1.29 is 9.47 Å². The first-order valence-electron chi connectivity index (χ1n) is 6.36. The summed E-state index contributed by atoms with van der Waals surface area (Å²) < 4.78 is 12.4. The minimum atomic E-state index is -0.200. The Hall–Kier alpha value is -0.420. The summed E-state index contributed by atoms with van der Waals surface area (Å²) in [5.41, 5.74) is 1.27. The van der Waals surface area contributed by atoms with Gasteiger partial charge < -0.3 is 14.8 Å². The molecule has 18 heavy (non-hydrogen) atoms. The summed E-state index contributed by atoms with van der Waals surface area (Å²) in [6.45, 7) is 5.28. The van der Waals surface area contributed by atoms with Crippen LogP contribution >= 0.6 is 15.9 Å². The highest BCUT2D eigenvalue weighted by Crippen LogP contribution is 2.14. The van der Waals surface area contributed by atoms with Crippen LogP contribution in [0.3, 0.4) is 0 Å². The lowest BCUT2D eigenvalue weighted by molar-refractivity contribution is -0.152. The van der Waals surface area contributed by atoms with Gasteiger partial charge >= 0.3 is 0 Å². The summed E-state index contributed by atoms with van der Waals surface area (Å²) in [6, 6.07) is 8.50. The predicted octanol–water partition coefficient (Wildman–Crippen LogP) is 2.98. The number of hydrogen-bond acceptors (Lipinski definition) is 3. The van der Waals surface area contributed by atoms with E-state index in [4.69, 9.17) is 9.47 Å². The molecule has 0 aliphatic heterocycles. The third-order valence-corrected chi connectivity index (χ3v) is 3.26. The minimum Gasteiger partial charge on any atom is -0.351 e. The largest absolute Gasteiger partial charge is 0.351 e. The number of rotatable bonds is 8. The van der Waals surface area contributed by atoms with E-state index in [1.165, 1.54) is 5.56 Å². The Labute approximate surface area is 118 Å². The van der Waals surface area contributed by atoms with E-state index in [0.717, 1.165) is 10.9 Å². The highest BCUT2D eigenvalue weighted by atomic mass is 79.9. The van der Waals surface area contributed by atoms with Crippen LogP contribution in [0.1, 0.15) is 19.4 Å². The lowest BCUT2D eigenvalue weighted by Crippen LogP contribution is -2.42. The number of likely N-dealkylation sites (N-methyl/N-ethyl adjacent to an activating group) is 1. The molecule has 0 fully saturated rings.